The molecule has 0 spiro atoms. The Bertz CT molecular complexity index is 220. The van der Waals surface area contributed by atoms with Crippen molar-refractivity contribution in [3.8, 4) is 0 Å². The van der Waals surface area contributed by atoms with Crippen LogP contribution in [-0.4, -0.2) is 36.5 Å². The molecule has 1 atom stereocenters. The van der Waals surface area contributed by atoms with E-state index in [4.69, 9.17) is 0 Å². The van der Waals surface area contributed by atoms with Crippen LogP contribution in [0.4, 0.5) is 0 Å². The molecule has 1 aliphatic carbocycles. The molecule has 1 aliphatic rings. The van der Waals surface area contributed by atoms with Gasteiger partial charge in [0.25, 0.3) is 0 Å². The lowest BCUT2D eigenvalue weighted by molar-refractivity contribution is -0.129. The number of rotatable bonds is 4. The highest BCUT2D eigenvalue weighted by Crippen LogP contribution is 2.29. The number of hydrogen-bond acceptors (Lipinski definition) is 2. The highest BCUT2D eigenvalue weighted by Gasteiger charge is 2.29. The van der Waals surface area contributed by atoms with Crippen LogP contribution in [0.2, 0.25) is 0 Å². The first-order valence-electron chi connectivity index (χ1n) is 5.91. The molecular weight excluding hydrogens is 188 g/mol. The summed E-state index contributed by atoms with van der Waals surface area (Å²) in [6.07, 6.45) is 5.72. The van der Waals surface area contributed by atoms with Gasteiger partial charge in [-0.1, -0.05) is 12.8 Å². The Morgan fingerprint density at radius 1 is 1.40 bits per heavy atom. The van der Waals surface area contributed by atoms with Gasteiger partial charge in [-0.3, -0.25) is 4.79 Å². The summed E-state index contributed by atoms with van der Waals surface area (Å²) in [5.74, 6) is 0.205. The molecule has 1 fully saturated rings. The first-order valence-corrected chi connectivity index (χ1v) is 5.91. The lowest BCUT2D eigenvalue weighted by atomic mass is 9.98. The molecule has 0 aromatic carbocycles. The van der Waals surface area contributed by atoms with Gasteiger partial charge in [-0.2, -0.15) is 0 Å². The normalized spacial score (nSPS) is 21.3. The number of carbonyl (C=O) groups excluding carboxylic acids is 1. The van der Waals surface area contributed by atoms with E-state index >= 15 is 0 Å². The highest BCUT2D eigenvalue weighted by molar-refractivity contribution is 5.76. The molecule has 3 nitrogen and oxygen atoms in total. The molecule has 88 valence electrons. The monoisotopic (exact) mass is 212 g/mol. The zero-order valence-corrected chi connectivity index (χ0v) is 10.5. The second-order valence-electron chi connectivity index (χ2n) is 5.31. The largest absolute Gasteiger partial charge is 0.349 e. The van der Waals surface area contributed by atoms with Crippen LogP contribution in [0.25, 0.3) is 0 Å². The second kappa shape index (κ2) is 4.97. The molecule has 0 aromatic heterocycles. The van der Waals surface area contributed by atoms with Gasteiger partial charge in [0.2, 0.25) is 5.91 Å². The standard InChI is InChI=1S/C12H24N2O/c1-10(9-11(15)14(3)4)13-12(2)7-5-6-8-12/h10,13H,5-9H2,1-4H3. The van der Waals surface area contributed by atoms with E-state index in [2.05, 4.69) is 19.2 Å². The molecule has 0 radical (unpaired) electrons. The van der Waals surface area contributed by atoms with Gasteiger partial charge in [-0.05, 0) is 26.7 Å². The van der Waals surface area contributed by atoms with Crippen LogP contribution < -0.4 is 5.32 Å². The second-order valence-corrected chi connectivity index (χ2v) is 5.31. The maximum absolute atomic E-state index is 11.5. The minimum absolute atomic E-state index is 0.205. The molecule has 1 unspecified atom stereocenters. The fraction of sp³-hybridized carbons (Fsp3) is 0.917. The zero-order chi connectivity index (χ0) is 11.5. The van der Waals surface area contributed by atoms with Crippen LogP contribution in [0.5, 0.6) is 0 Å². The molecule has 1 rings (SSSR count). The van der Waals surface area contributed by atoms with Gasteiger partial charge < -0.3 is 10.2 Å². The Morgan fingerprint density at radius 2 is 1.93 bits per heavy atom. The van der Waals surface area contributed by atoms with Crippen LogP contribution in [0, 0.1) is 0 Å². The summed E-state index contributed by atoms with van der Waals surface area (Å²) in [5.41, 5.74) is 0.270. The lowest BCUT2D eigenvalue weighted by Crippen LogP contribution is -2.46. The zero-order valence-electron chi connectivity index (χ0n) is 10.5. The summed E-state index contributed by atoms with van der Waals surface area (Å²) >= 11 is 0. The van der Waals surface area contributed by atoms with Gasteiger partial charge in [0.15, 0.2) is 0 Å². The van der Waals surface area contributed by atoms with E-state index in [9.17, 15) is 4.79 Å². The van der Waals surface area contributed by atoms with Gasteiger partial charge in [0.1, 0.15) is 0 Å². The van der Waals surface area contributed by atoms with Crippen molar-refractivity contribution in [3.05, 3.63) is 0 Å². The Kier molecular flexibility index (Phi) is 4.14. The predicted octanol–water partition coefficient (Wildman–Crippen LogP) is 1.78. The summed E-state index contributed by atoms with van der Waals surface area (Å²) < 4.78 is 0. The van der Waals surface area contributed by atoms with Crippen molar-refractivity contribution in [2.45, 2.75) is 57.5 Å². The van der Waals surface area contributed by atoms with Gasteiger partial charge in [0.05, 0.1) is 0 Å². The molecule has 0 heterocycles. The van der Waals surface area contributed by atoms with Crippen molar-refractivity contribution < 1.29 is 4.79 Å². The van der Waals surface area contributed by atoms with E-state index in [1.807, 2.05) is 14.1 Å². The number of nitrogens with one attached hydrogen (secondary N) is 1. The Morgan fingerprint density at radius 3 is 2.40 bits per heavy atom. The molecule has 1 saturated carbocycles. The summed E-state index contributed by atoms with van der Waals surface area (Å²) in [5, 5.41) is 3.59. The molecule has 3 heteroatoms. The Balaban J connectivity index is 2.35. The first-order chi connectivity index (χ1) is 6.93. The summed E-state index contributed by atoms with van der Waals surface area (Å²) in [7, 11) is 3.62. The third-order valence-electron chi connectivity index (χ3n) is 3.28. The van der Waals surface area contributed by atoms with E-state index in [0.717, 1.165) is 0 Å². The average Bonchev–Trinajstić information content (AvgIpc) is 2.50. The van der Waals surface area contributed by atoms with Crippen molar-refractivity contribution in [2.24, 2.45) is 0 Å². The number of carbonyl (C=O) groups is 1. The minimum atomic E-state index is 0.205. The Hall–Kier alpha value is -0.570. The van der Waals surface area contributed by atoms with Crippen molar-refractivity contribution >= 4 is 5.91 Å². The van der Waals surface area contributed by atoms with Crippen molar-refractivity contribution in [3.63, 3.8) is 0 Å². The van der Waals surface area contributed by atoms with Crippen LogP contribution in [0.1, 0.15) is 46.0 Å². The van der Waals surface area contributed by atoms with Gasteiger partial charge in [-0.25, -0.2) is 0 Å². The number of nitrogens with zero attached hydrogens (tertiary/aromatic N) is 1. The van der Waals surface area contributed by atoms with E-state index in [1.54, 1.807) is 4.90 Å². The molecular formula is C12H24N2O. The van der Waals surface area contributed by atoms with E-state index in [-0.39, 0.29) is 17.5 Å². The minimum Gasteiger partial charge on any atom is -0.349 e. The number of amides is 1. The van der Waals surface area contributed by atoms with Crippen molar-refractivity contribution in [1.29, 1.82) is 0 Å². The predicted molar refractivity (Wildman–Crippen MR) is 62.8 cm³/mol. The quantitative estimate of drug-likeness (QED) is 0.770. The highest BCUT2D eigenvalue weighted by atomic mass is 16.2. The maximum Gasteiger partial charge on any atom is 0.223 e. The summed E-state index contributed by atoms with van der Waals surface area (Å²) in [6.45, 7) is 4.38. The van der Waals surface area contributed by atoms with E-state index in [1.165, 1.54) is 25.7 Å². The van der Waals surface area contributed by atoms with E-state index < -0.39 is 0 Å². The van der Waals surface area contributed by atoms with Crippen molar-refractivity contribution in [1.82, 2.24) is 10.2 Å². The molecule has 0 bridgehead atoms. The van der Waals surface area contributed by atoms with Gasteiger partial charge >= 0.3 is 0 Å². The first kappa shape index (κ1) is 12.5. The molecule has 0 aliphatic heterocycles. The Labute approximate surface area is 93.2 Å². The smallest absolute Gasteiger partial charge is 0.223 e. The van der Waals surface area contributed by atoms with Gasteiger partial charge in [-0.15, -0.1) is 0 Å². The third kappa shape index (κ3) is 3.82. The average molecular weight is 212 g/mol. The van der Waals surface area contributed by atoms with Gasteiger partial charge in [0, 0.05) is 32.1 Å². The SMILES string of the molecule is CC(CC(=O)N(C)C)NC1(C)CCCC1. The molecule has 15 heavy (non-hydrogen) atoms. The summed E-state index contributed by atoms with van der Waals surface area (Å²) in [4.78, 5) is 13.2. The maximum atomic E-state index is 11.5. The van der Waals surface area contributed by atoms with Crippen LogP contribution in [0.3, 0.4) is 0 Å². The van der Waals surface area contributed by atoms with Crippen molar-refractivity contribution in [2.75, 3.05) is 14.1 Å². The third-order valence-corrected chi connectivity index (χ3v) is 3.28. The topological polar surface area (TPSA) is 32.3 Å². The molecule has 0 saturated heterocycles. The summed E-state index contributed by atoms with van der Waals surface area (Å²) in [6, 6.07) is 0.281. The number of hydrogen-bond donors (Lipinski definition) is 1. The molecule has 1 N–H and O–H groups in total. The lowest BCUT2D eigenvalue weighted by Gasteiger charge is -2.30. The van der Waals surface area contributed by atoms with Crippen LogP contribution in [0.15, 0.2) is 0 Å². The fourth-order valence-corrected chi connectivity index (χ4v) is 2.39. The van der Waals surface area contributed by atoms with Crippen LogP contribution in [-0.2, 0) is 4.79 Å². The van der Waals surface area contributed by atoms with E-state index in [0.29, 0.717) is 6.42 Å². The van der Waals surface area contributed by atoms with Crippen LogP contribution >= 0.6 is 0 Å². The molecule has 0 aromatic rings. The fourth-order valence-electron chi connectivity index (χ4n) is 2.39. The molecule has 1 amide bonds.